The van der Waals surface area contributed by atoms with E-state index in [0.29, 0.717) is 5.82 Å². The zero-order valence-electron chi connectivity index (χ0n) is 11.5. The second kappa shape index (κ2) is 4.31. The van der Waals surface area contributed by atoms with Gasteiger partial charge in [-0.2, -0.15) is 0 Å². The molecule has 0 aliphatic carbocycles. The number of nitrogen functional groups attached to an aromatic ring is 1. The molecular formula is C15H17N5. The summed E-state index contributed by atoms with van der Waals surface area (Å²) in [6, 6.07) is 10.1. The van der Waals surface area contributed by atoms with Crippen LogP contribution in [0.5, 0.6) is 0 Å². The van der Waals surface area contributed by atoms with E-state index in [2.05, 4.69) is 15.0 Å². The molecule has 0 bridgehead atoms. The Hall–Kier alpha value is -2.40. The fourth-order valence-corrected chi connectivity index (χ4v) is 2.19. The van der Waals surface area contributed by atoms with Crippen LogP contribution < -0.4 is 11.5 Å². The number of benzene rings is 1. The Morgan fingerprint density at radius 3 is 2.40 bits per heavy atom. The van der Waals surface area contributed by atoms with Crippen LogP contribution >= 0.6 is 0 Å². The number of rotatable bonds is 2. The summed E-state index contributed by atoms with van der Waals surface area (Å²) in [6.45, 7) is 3.97. The van der Waals surface area contributed by atoms with E-state index in [1.165, 1.54) is 6.33 Å². The van der Waals surface area contributed by atoms with Crippen LogP contribution in [0.1, 0.15) is 19.4 Å². The zero-order chi connectivity index (χ0) is 14.3. The van der Waals surface area contributed by atoms with Crippen LogP contribution in [0.3, 0.4) is 0 Å². The van der Waals surface area contributed by atoms with Crippen molar-refractivity contribution in [3.8, 4) is 11.3 Å². The number of nitrogens with two attached hydrogens (primary N) is 2. The lowest BCUT2D eigenvalue weighted by Gasteiger charge is -2.19. The van der Waals surface area contributed by atoms with Crippen molar-refractivity contribution in [2.45, 2.75) is 19.4 Å². The van der Waals surface area contributed by atoms with Crippen LogP contribution in [-0.2, 0) is 5.54 Å². The zero-order valence-corrected chi connectivity index (χ0v) is 11.5. The van der Waals surface area contributed by atoms with Crippen molar-refractivity contribution in [1.29, 1.82) is 0 Å². The first kappa shape index (κ1) is 12.6. The SMILES string of the molecule is CC(C)(N)c1ccc(-c2cc3c(N)ncnc3[nH]2)cc1. The number of aromatic amines is 1. The monoisotopic (exact) mass is 267 g/mol. The predicted molar refractivity (Wildman–Crippen MR) is 81.0 cm³/mol. The molecule has 5 heteroatoms. The van der Waals surface area contributed by atoms with E-state index in [4.69, 9.17) is 11.5 Å². The van der Waals surface area contributed by atoms with E-state index in [1.54, 1.807) is 0 Å². The lowest BCUT2D eigenvalue weighted by molar-refractivity contribution is 0.554. The van der Waals surface area contributed by atoms with E-state index in [9.17, 15) is 0 Å². The van der Waals surface area contributed by atoms with Gasteiger partial charge in [-0.1, -0.05) is 24.3 Å². The van der Waals surface area contributed by atoms with Gasteiger partial charge in [0, 0.05) is 11.2 Å². The molecule has 0 aliphatic heterocycles. The summed E-state index contributed by atoms with van der Waals surface area (Å²) in [5.41, 5.74) is 15.5. The average Bonchev–Trinajstić information content (AvgIpc) is 2.83. The van der Waals surface area contributed by atoms with Crippen molar-refractivity contribution in [2.75, 3.05) is 5.73 Å². The van der Waals surface area contributed by atoms with Crippen LogP contribution in [0.2, 0.25) is 0 Å². The second-order valence-electron chi connectivity index (χ2n) is 5.50. The Morgan fingerprint density at radius 1 is 1.10 bits per heavy atom. The summed E-state index contributed by atoms with van der Waals surface area (Å²) in [4.78, 5) is 11.4. The van der Waals surface area contributed by atoms with E-state index < -0.39 is 0 Å². The Bertz CT molecular complexity index is 750. The van der Waals surface area contributed by atoms with Crippen molar-refractivity contribution in [3.63, 3.8) is 0 Å². The van der Waals surface area contributed by atoms with Crippen molar-refractivity contribution in [1.82, 2.24) is 15.0 Å². The lowest BCUT2D eigenvalue weighted by Crippen LogP contribution is -2.28. The maximum atomic E-state index is 6.08. The van der Waals surface area contributed by atoms with Gasteiger partial charge in [0.2, 0.25) is 0 Å². The van der Waals surface area contributed by atoms with E-state index in [-0.39, 0.29) is 5.54 Å². The fourth-order valence-electron chi connectivity index (χ4n) is 2.19. The van der Waals surface area contributed by atoms with Gasteiger partial charge in [-0.05, 0) is 31.0 Å². The van der Waals surface area contributed by atoms with Gasteiger partial charge in [0.25, 0.3) is 0 Å². The lowest BCUT2D eigenvalue weighted by atomic mass is 9.94. The summed E-state index contributed by atoms with van der Waals surface area (Å²) in [6.07, 6.45) is 1.46. The Morgan fingerprint density at radius 2 is 1.80 bits per heavy atom. The number of nitrogens with zero attached hydrogens (tertiary/aromatic N) is 2. The van der Waals surface area contributed by atoms with Crippen molar-refractivity contribution >= 4 is 16.9 Å². The van der Waals surface area contributed by atoms with Crippen LogP contribution in [0.25, 0.3) is 22.3 Å². The first-order valence-corrected chi connectivity index (χ1v) is 6.44. The first-order chi connectivity index (χ1) is 9.45. The highest BCUT2D eigenvalue weighted by Gasteiger charge is 2.14. The van der Waals surface area contributed by atoms with Gasteiger partial charge in [0.05, 0.1) is 5.39 Å². The van der Waals surface area contributed by atoms with Gasteiger partial charge in [0.1, 0.15) is 17.8 Å². The minimum absolute atomic E-state index is 0.338. The number of hydrogen-bond acceptors (Lipinski definition) is 4. The summed E-state index contributed by atoms with van der Waals surface area (Å²) in [5, 5.41) is 0.839. The Balaban J connectivity index is 2.05. The summed E-state index contributed by atoms with van der Waals surface area (Å²) < 4.78 is 0. The molecule has 0 saturated carbocycles. The first-order valence-electron chi connectivity index (χ1n) is 6.44. The van der Waals surface area contributed by atoms with E-state index in [1.807, 2.05) is 44.2 Å². The minimum Gasteiger partial charge on any atom is -0.383 e. The molecule has 0 fully saturated rings. The fraction of sp³-hybridized carbons (Fsp3) is 0.200. The van der Waals surface area contributed by atoms with Crippen molar-refractivity contribution in [3.05, 3.63) is 42.2 Å². The number of fused-ring (bicyclic) bond motifs is 1. The molecule has 0 atom stereocenters. The third-order valence-electron chi connectivity index (χ3n) is 3.40. The molecule has 0 radical (unpaired) electrons. The molecule has 0 unspecified atom stereocenters. The van der Waals surface area contributed by atoms with Crippen LogP contribution in [0.4, 0.5) is 5.82 Å². The smallest absolute Gasteiger partial charge is 0.143 e. The molecule has 0 saturated heterocycles. The molecule has 20 heavy (non-hydrogen) atoms. The molecule has 1 aromatic carbocycles. The molecule has 3 rings (SSSR count). The highest BCUT2D eigenvalue weighted by Crippen LogP contribution is 2.27. The van der Waals surface area contributed by atoms with Gasteiger partial charge in [0.15, 0.2) is 0 Å². The number of anilines is 1. The average molecular weight is 267 g/mol. The normalized spacial score (nSPS) is 11.9. The van der Waals surface area contributed by atoms with Crippen molar-refractivity contribution < 1.29 is 0 Å². The maximum Gasteiger partial charge on any atom is 0.143 e. The highest BCUT2D eigenvalue weighted by molar-refractivity contribution is 5.90. The largest absolute Gasteiger partial charge is 0.383 e. The molecule has 2 heterocycles. The molecule has 0 spiro atoms. The molecule has 0 amide bonds. The van der Waals surface area contributed by atoms with Crippen LogP contribution in [0.15, 0.2) is 36.7 Å². The van der Waals surface area contributed by atoms with Crippen LogP contribution in [0, 0.1) is 0 Å². The van der Waals surface area contributed by atoms with E-state index in [0.717, 1.165) is 27.9 Å². The van der Waals surface area contributed by atoms with Crippen molar-refractivity contribution in [2.24, 2.45) is 5.73 Å². The number of aromatic nitrogens is 3. The molecule has 102 valence electrons. The number of H-pyrrole nitrogens is 1. The minimum atomic E-state index is -0.338. The summed E-state index contributed by atoms with van der Waals surface area (Å²) >= 11 is 0. The van der Waals surface area contributed by atoms with Gasteiger partial charge < -0.3 is 16.5 Å². The van der Waals surface area contributed by atoms with E-state index >= 15 is 0 Å². The van der Waals surface area contributed by atoms with Gasteiger partial charge >= 0.3 is 0 Å². The molecule has 3 aromatic rings. The standard InChI is InChI=1S/C15H17N5/c1-15(2,17)10-5-3-9(4-6-10)12-7-11-13(16)18-8-19-14(11)20-12/h3-8H,17H2,1-2H3,(H3,16,18,19,20). The molecule has 5 N–H and O–H groups in total. The van der Waals surface area contributed by atoms with Gasteiger partial charge in [-0.15, -0.1) is 0 Å². The molecule has 2 aromatic heterocycles. The topological polar surface area (TPSA) is 93.6 Å². The molecular weight excluding hydrogens is 250 g/mol. The maximum absolute atomic E-state index is 6.08. The third kappa shape index (κ3) is 2.12. The van der Waals surface area contributed by atoms with Crippen LogP contribution in [-0.4, -0.2) is 15.0 Å². The quantitative estimate of drug-likeness (QED) is 0.664. The highest BCUT2D eigenvalue weighted by atomic mass is 15.0. The summed E-state index contributed by atoms with van der Waals surface area (Å²) in [7, 11) is 0. The second-order valence-corrected chi connectivity index (χ2v) is 5.50. The molecule has 5 nitrogen and oxygen atoms in total. The number of hydrogen-bond donors (Lipinski definition) is 3. The van der Waals surface area contributed by atoms with Gasteiger partial charge in [-0.3, -0.25) is 0 Å². The van der Waals surface area contributed by atoms with Gasteiger partial charge in [-0.25, -0.2) is 9.97 Å². The Kier molecular flexibility index (Phi) is 2.72. The predicted octanol–water partition coefficient (Wildman–Crippen LogP) is 2.40. The molecule has 0 aliphatic rings. The third-order valence-corrected chi connectivity index (χ3v) is 3.40. The Labute approximate surface area is 117 Å². The number of nitrogens with one attached hydrogen (secondary N) is 1. The summed E-state index contributed by atoms with van der Waals surface area (Å²) in [5.74, 6) is 0.484.